The highest BCUT2D eigenvalue weighted by Crippen LogP contribution is 1.85. The van der Waals surface area contributed by atoms with Crippen LogP contribution in [0.15, 0.2) is 24.6 Å². The molecule has 0 bridgehead atoms. The first-order valence-corrected chi connectivity index (χ1v) is 7.98. The molecular formula is C14H26O4S. The first-order chi connectivity index (χ1) is 8.74. The molecule has 0 radical (unpaired) electrons. The maximum Gasteiger partial charge on any atom is 0.170 e. The molecule has 0 N–H and O–H groups in total. The van der Waals surface area contributed by atoms with Gasteiger partial charge < -0.3 is 0 Å². The third kappa shape index (κ3) is 22.4. The van der Waals surface area contributed by atoms with Gasteiger partial charge in [-0.1, -0.05) is 40.9 Å². The zero-order valence-electron chi connectivity index (χ0n) is 12.4. The molecule has 0 aromatic heterocycles. The lowest BCUT2D eigenvalue weighted by Gasteiger charge is -1.84. The van der Waals surface area contributed by atoms with Crippen LogP contribution in [0.3, 0.4) is 0 Å². The fraction of sp³-hybridized carbons (Fsp3) is 0.571. The van der Waals surface area contributed by atoms with Gasteiger partial charge in [0, 0.05) is 24.7 Å². The molecule has 19 heavy (non-hydrogen) atoms. The summed E-state index contributed by atoms with van der Waals surface area (Å²) in [5.74, 6) is 0.598. The second-order valence-electron chi connectivity index (χ2n) is 3.39. The molecule has 0 saturated heterocycles. The minimum absolute atomic E-state index is 0.106. The summed E-state index contributed by atoms with van der Waals surface area (Å²) < 4.78 is 20.5. The van der Waals surface area contributed by atoms with Gasteiger partial charge in [0.1, 0.15) is 5.78 Å². The number of hydrogen-bond acceptors (Lipinski definition) is 4. The summed E-state index contributed by atoms with van der Waals surface area (Å²) in [4.78, 5) is 20.2. The van der Waals surface area contributed by atoms with Crippen molar-refractivity contribution < 1.29 is 18.0 Å². The molecule has 0 aliphatic carbocycles. The Morgan fingerprint density at radius 1 is 0.947 bits per heavy atom. The number of carbonyl (C=O) groups excluding carboxylic acids is 2. The van der Waals surface area contributed by atoms with Crippen molar-refractivity contribution in [2.45, 2.75) is 47.0 Å². The lowest BCUT2D eigenvalue weighted by Crippen LogP contribution is -1.95. The van der Waals surface area contributed by atoms with Gasteiger partial charge in [-0.2, -0.15) is 0 Å². The summed E-state index contributed by atoms with van der Waals surface area (Å²) in [6, 6.07) is 0. The second kappa shape index (κ2) is 14.8. The van der Waals surface area contributed by atoms with E-state index >= 15 is 0 Å². The quantitative estimate of drug-likeness (QED) is 0.705. The van der Waals surface area contributed by atoms with Gasteiger partial charge in [-0.15, -0.1) is 0 Å². The SMILES string of the molecule is C=CC(=O)CC.C=CS(=O)(=O)CC.CCC(=O)CC. The summed E-state index contributed by atoms with van der Waals surface area (Å²) in [5, 5.41) is 0.965. The maximum absolute atomic E-state index is 10.2. The lowest BCUT2D eigenvalue weighted by atomic mass is 10.3. The van der Waals surface area contributed by atoms with Gasteiger partial charge in [0.05, 0.1) is 5.75 Å². The third-order valence-electron chi connectivity index (χ3n) is 2.02. The third-order valence-corrected chi connectivity index (χ3v) is 3.33. The summed E-state index contributed by atoms with van der Waals surface area (Å²) in [6.45, 7) is 13.5. The molecule has 0 amide bonds. The van der Waals surface area contributed by atoms with Crippen molar-refractivity contribution in [3.8, 4) is 0 Å². The van der Waals surface area contributed by atoms with Crippen molar-refractivity contribution in [2.24, 2.45) is 0 Å². The summed E-state index contributed by atoms with van der Waals surface area (Å²) in [7, 11) is -2.89. The largest absolute Gasteiger partial charge is 0.300 e. The van der Waals surface area contributed by atoms with E-state index in [1.165, 1.54) is 6.08 Å². The molecule has 0 aromatic carbocycles. The molecule has 0 saturated carbocycles. The number of hydrogen-bond donors (Lipinski definition) is 0. The molecule has 112 valence electrons. The monoisotopic (exact) mass is 290 g/mol. The van der Waals surface area contributed by atoms with Crippen LogP contribution in [0.25, 0.3) is 0 Å². The van der Waals surface area contributed by atoms with Crippen LogP contribution >= 0.6 is 0 Å². The Balaban J connectivity index is -0.000000203. The van der Waals surface area contributed by atoms with E-state index in [9.17, 15) is 18.0 Å². The number of ketones is 2. The van der Waals surface area contributed by atoms with Gasteiger partial charge in [0.2, 0.25) is 0 Å². The molecule has 0 rings (SSSR count). The number of rotatable bonds is 6. The van der Waals surface area contributed by atoms with E-state index in [2.05, 4.69) is 13.2 Å². The molecule has 0 unspecified atom stereocenters. The van der Waals surface area contributed by atoms with Gasteiger partial charge in [0.15, 0.2) is 15.6 Å². The van der Waals surface area contributed by atoms with Crippen LogP contribution in [0.4, 0.5) is 0 Å². The van der Waals surface area contributed by atoms with Gasteiger partial charge >= 0.3 is 0 Å². The van der Waals surface area contributed by atoms with E-state index in [4.69, 9.17) is 0 Å². The van der Waals surface area contributed by atoms with Crippen LogP contribution in [-0.4, -0.2) is 25.7 Å². The molecule has 0 aliphatic heterocycles. The molecule has 5 heteroatoms. The fourth-order valence-corrected chi connectivity index (χ4v) is 0.748. The van der Waals surface area contributed by atoms with Crippen LogP contribution in [0.2, 0.25) is 0 Å². The molecule has 0 spiro atoms. The molecule has 0 aliphatic rings. The Kier molecular flexibility index (Phi) is 17.9. The van der Waals surface area contributed by atoms with Crippen LogP contribution in [0.5, 0.6) is 0 Å². The van der Waals surface area contributed by atoms with Crippen molar-refractivity contribution in [3.05, 3.63) is 24.6 Å². The maximum atomic E-state index is 10.2. The number of carbonyl (C=O) groups is 2. The minimum Gasteiger partial charge on any atom is -0.300 e. The highest BCUT2D eigenvalue weighted by molar-refractivity contribution is 7.94. The average Bonchev–Trinajstić information content (AvgIpc) is 2.46. The number of allylic oxidation sites excluding steroid dienone is 1. The van der Waals surface area contributed by atoms with Crippen molar-refractivity contribution in [1.29, 1.82) is 0 Å². The van der Waals surface area contributed by atoms with Crippen molar-refractivity contribution in [2.75, 3.05) is 5.75 Å². The molecule has 0 atom stereocenters. The normalized spacial score (nSPS) is 9.05. The first-order valence-electron chi connectivity index (χ1n) is 6.26. The minimum atomic E-state index is -2.89. The predicted octanol–water partition coefficient (Wildman–Crippen LogP) is 3.09. The Labute approximate surface area is 117 Å². The number of sulfone groups is 1. The molecule has 0 heterocycles. The van der Waals surface area contributed by atoms with E-state index in [-0.39, 0.29) is 11.5 Å². The van der Waals surface area contributed by atoms with E-state index in [0.717, 1.165) is 5.41 Å². The smallest absolute Gasteiger partial charge is 0.170 e. The van der Waals surface area contributed by atoms with E-state index < -0.39 is 9.84 Å². The van der Waals surface area contributed by atoms with Gasteiger partial charge in [0.25, 0.3) is 0 Å². The Morgan fingerprint density at radius 2 is 1.37 bits per heavy atom. The van der Waals surface area contributed by atoms with Crippen LogP contribution in [0.1, 0.15) is 47.0 Å². The summed E-state index contributed by atoms with van der Waals surface area (Å²) in [6.07, 6.45) is 3.29. The zero-order chi connectivity index (χ0) is 15.9. The molecule has 4 nitrogen and oxygen atoms in total. The van der Waals surface area contributed by atoms with Crippen molar-refractivity contribution in [3.63, 3.8) is 0 Å². The molecule has 0 fully saturated rings. The van der Waals surface area contributed by atoms with Crippen LogP contribution in [-0.2, 0) is 19.4 Å². The Hall–Kier alpha value is -1.23. The average molecular weight is 290 g/mol. The lowest BCUT2D eigenvalue weighted by molar-refractivity contribution is -0.118. The Morgan fingerprint density at radius 3 is 1.37 bits per heavy atom. The van der Waals surface area contributed by atoms with E-state index in [1.54, 1.807) is 6.92 Å². The van der Waals surface area contributed by atoms with E-state index in [0.29, 0.717) is 25.0 Å². The first kappa shape index (κ1) is 22.9. The number of Topliss-reactive ketones (excluding diaryl/α,β-unsaturated/α-hetero) is 1. The van der Waals surface area contributed by atoms with Crippen LogP contribution < -0.4 is 0 Å². The molecular weight excluding hydrogens is 264 g/mol. The van der Waals surface area contributed by atoms with Gasteiger partial charge in [-0.3, -0.25) is 9.59 Å². The Bertz CT molecular complexity index is 361. The van der Waals surface area contributed by atoms with Gasteiger partial charge in [-0.25, -0.2) is 8.42 Å². The van der Waals surface area contributed by atoms with Crippen molar-refractivity contribution in [1.82, 2.24) is 0 Å². The molecule has 0 aromatic rings. The van der Waals surface area contributed by atoms with Crippen molar-refractivity contribution >= 4 is 21.4 Å². The standard InChI is InChI=1S/C5H10O.C5H8O.C4H8O2S/c2*1-3-5(6)4-2;1-3-7(5,6)4-2/h3-4H2,1-2H3;3H,1,4H2,2H3;3H,1,4H2,2H3. The summed E-state index contributed by atoms with van der Waals surface area (Å²) >= 11 is 0. The van der Waals surface area contributed by atoms with E-state index in [1.807, 2.05) is 20.8 Å². The topological polar surface area (TPSA) is 68.3 Å². The fourth-order valence-electron chi connectivity index (χ4n) is 0.512. The highest BCUT2D eigenvalue weighted by Gasteiger charge is 1.95. The van der Waals surface area contributed by atoms with Gasteiger partial charge in [-0.05, 0) is 6.08 Å². The predicted molar refractivity (Wildman–Crippen MR) is 80.7 cm³/mol. The highest BCUT2D eigenvalue weighted by atomic mass is 32.2. The second-order valence-corrected chi connectivity index (χ2v) is 5.62. The summed E-state index contributed by atoms with van der Waals surface area (Å²) in [5.41, 5.74) is 0. The van der Waals surface area contributed by atoms with Crippen LogP contribution in [0, 0.1) is 0 Å². The zero-order valence-corrected chi connectivity index (χ0v) is 13.3.